The molecule has 1 heterocycles. The number of amides is 1. The highest BCUT2D eigenvalue weighted by atomic mass is 16.5. The van der Waals surface area contributed by atoms with E-state index in [-0.39, 0.29) is 11.5 Å². The first-order valence-corrected chi connectivity index (χ1v) is 5.70. The number of nitrogens with one attached hydrogen (secondary N) is 1. The summed E-state index contributed by atoms with van der Waals surface area (Å²) in [5.74, 6) is 0.460. The molecule has 0 fully saturated rings. The van der Waals surface area contributed by atoms with E-state index >= 15 is 0 Å². The molecule has 0 aliphatic rings. The molecule has 1 aromatic rings. The van der Waals surface area contributed by atoms with Crippen LogP contribution in [0.2, 0.25) is 0 Å². The minimum Gasteiger partial charge on any atom is -0.377 e. The molecule has 1 rings (SSSR count). The van der Waals surface area contributed by atoms with Gasteiger partial charge in [0, 0.05) is 27.7 Å². The molecule has 0 radical (unpaired) electrons. The number of nitrogens with zero attached hydrogens (tertiary/aromatic N) is 3. The fourth-order valence-corrected chi connectivity index (χ4v) is 1.15. The van der Waals surface area contributed by atoms with E-state index in [2.05, 4.69) is 15.5 Å². The van der Waals surface area contributed by atoms with Crippen LogP contribution in [0.5, 0.6) is 0 Å². The summed E-state index contributed by atoms with van der Waals surface area (Å²) in [6, 6.07) is 3.38. The van der Waals surface area contributed by atoms with Gasteiger partial charge in [-0.15, -0.1) is 10.2 Å². The number of anilines is 1. The van der Waals surface area contributed by atoms with Crippen LogP contribution in [0.3, 0.4) is 0 Å². The quantitative estimate of drug-likeness (QED) is 0.847. The molecule has 0 aliphatic heterocycles. The zero-order valence-electron chi connectivity index (χ0n) is 11.5. The van der Waals surface area contributed by atoms with Crippen LogP contribution in [0.25, 0.3) is 0 Å². The Balaban J connectivity index is 2.64. The molecule has 0 atom stereocenters. The zero-order chi connectivity index (χ0) is 13.8. The van der Waals surface area contributed by atoms with Crippen molar-refractivity contribution in [2.45, 2.75) is 19.4 Å². The fraction of sp³-hybridized carbons (Fsp3) is 0.583. The predicted octanol–water partition coefficient (Wildman–Crippen LogP) is 1.02. The molecular weight excluding hydrogens is 232 g/mol. The van der Waals surface area contributed by atoms with Gasteiger partial charge in [-0.3, -0.25) is 4.79 Å². The smallest absolute Gasteiger partial charge is 0.273 e. The van der Waals surface area contributed by atoms with Crippen LogP contribution in [0, 0.1) is 0 Å². The van der Waals surface area contributed by atoms with Crippen LogP contribution >= 0.6 is 0 Å². The molecule has 0 saturated carbocycles. The lowest BCUT2D eigenvalue weighted by molar-refractivity contribution is 0.0343. The number of rotatable bonds is 5. The first-order valence-electron chi connectivity index (χ1n) is 5.70. The molecular formula is C12H20N4O2. The maximum atomic E-state index is 11.6. The molecule has 1 aromatic heterocycles. The summed E-state index contributed by atoms with van der Waals surface area (Å²) < 4.78 is 5.28. The summed E-state index contributed by atoms with van der Waals surface area (Å²) in [6.45, 7) is 4.55. The number of ether oxygens (including phenoxy) is 1. The number of hydrogen-bond donors (Lipinski definition) is 1. The Bertz CT molecular complexity index is 401. The number of carbonyl (C=O) groups is 1. The topological polar surface area (TPSA) is 67.3 Å². The summed E-state index contributed by atoms with van der Waals surface area (Å²) in [4.78, 5) is 13.1. The zero-order valence-corrected chi connectivity index (χ0v) is 11.5. The molecule has 100 valence electrons. The van der Waals surface area contributed by atoms with E-state index in [0.29, 0.717) is 18.1 Å². The molecule has 18 heavy (non-hydrogen) atoms. The first-order chi connectivity index (χ1) is 8.35. The lowest BCUT2D eigenvalue weighted by Gasteiger charge is -2.23. The minimum absolute atomic E-state index is 0.161. The molecule has 6 nitrogen and oxygen atoms in total. The first kappa shape index (κ1) is 14.4. The van der Waals surface area contributed by atoms with E-state index in [0.717, 1.165) is 0 Å². The Hall–Kier alpha value is -1.69. The van der Waals surface area contributed by atoms with Gasteiger partial charge in [-0.25, -0.2) is 0 Å². The highest BCUT2D eigenvalue weighted by Gasteiger charge is 2.16. The Morgan fingerprint density at radius 1 is 1.39 bits per heavy atom. The molecule has 1 amide bonds. The van der Waals surface area contributed by atoms with Crippen molar-refractivity contribution in [2.75, 3.05) is 33.1 Å². The van der Waals surface area contributed by atoms with Gasteiger partial charge >= 0.3 is 0 Å². The van der Waals surface area contributed by atoms with Gasteiger partial charge in [-0.1, -0.05) is 0 Å². The Morgan fingerprint density at radius 2 is 2.06 bits per heavy atom. The Labute approximate surface area is 107 Å². The van der Waals surface area contributed by atoms with E-state index in [1.54, 1.807) is 33.3 Å². The van der Waals surface area contributed by atoms with E-state index < -0.39 is 0 Å². The van der Waals surface area contributed by atoms with Gasteiger partial charge in [0.15, 0.2) is 5.69 Å². The molecule has 0 aliphatic carbocycles. The van der Waals surface area contributed by atoms with Gasteiger partial charge in [-0.2, -0.15) is 0 Å². The lowest BCUT2D eigenvalue weighted by atomic mass is 10.1. The van der Waals surface area contributed by atoms with Crippen molar-refractivity contribution in [1.82, 2.24) is 15.1 Å². The average molecular weight is 252 g/mol. The third kappa shape index (κ3) is 3.96. The van der Waals surface area contributed by atoms with Gasteiger partial charge in [0.25, 0.3) is 5.91 Å². The molecule has 6 heteroatoms. The van der Waals surface area contributed by atoms with Gasteiger partial charge < -0.3 is 15.0 Å². The summed E-state index contributed by atoms with van der Waals surface area (Å²) in [5.41, 5.74) is 0.0522. The van der Waals surface area contributed by atoms with Gasteiger partial charge in [0.1, 0.15) is 5.82 Å². The van der Waals surface area contributed by atoms with E-state index in [1.165, 1.54) is 4.90 Å². The van der Waals surface area contributed by atoms with Crippen molar-refractivity contribution in [3.05, 3.63) is 17.8 Å². The minimum atomic E-state index is -0.278. The molecule has 0 aromatic carbocycles. The van der Waals surface area contributed by atoms with Crippen LogP contribution < -0.4 is 5.32 Å². The summed E-state index contributed by atoms with van der Waals surface area (Å²) in [7, 11) is 5.01. The maximum Gasteiger partial charge on any atom is 0.273 e. The number of aromatic nitrogens is 2. The fourth-order valence-electron chi connectivity index (χ4n) is 1.15. The normalized spacial score (nSPS) is 11.2. The van der Waals surface area contributed by atoms with Crippen molar-refractivity contribution in [1.29, 1.82) is 0 Å². The Kier molecular flexibility index (Phi) is 4.61. The number of hydrogen-bond acceptors (Lipinski definition) is 5. The lowest BCUT2D eigenvalue weighted by Crippen LogP contribution is -2.32. The summed E-state index contributed by atoms with van der Waals surface area (Å²) in [6.07, 6.45) is 0. The van der Waals surface area contributed by atoms with Crippen LogP contribution in [0.1, 0.15) is 24.3 Å². The Morgan fingerprint density at radius 3 is 2.50 bits per heavy atom. The molecule has 0 bridgehead atoms. The van der Waals surface area contributed by atoms with Gasteiger partial charge in [0.05, 0.1) is 5.60 Å². The number of carbonyl (C=O) groups excluding carboxylic acids is 1. The maximum absolute atomic E-state index is 11.6. The van der Waals surface area contributed by atoms with Gasteiger partial charge in [-0.05, 0) is 26.0 Å². The third-order valence-corrected chi connectivity index (χ3v) is 2.54. The monoisotopic (exact) mass is 252 g/mol. The molecule has 0 saturated heterocycles. The standard InChI is InChI=1S/C12H20N4O2/c1-12(2,18-5)8-13-10-7-6-9(14-15-10)11(17)16(3)4/h6-7H,8H2,1-5H3,(H,13,15). The predicted molar refractivity (Wildman–Crippen MR) is 69.6 cm³/mol. The molecule has 0 spiro atoms. The van der Waals surface area contributed by atoms with Crippen molar-refractivity contribution in [3.63, 3.8) is 0 Å². The highest BCUT2D eigenvalue weighted by Crippen LogP contribution is 2.09. The summed E-state index contributed by atoms with van der Waals surface area (Å²) >= 11 is 0. The number of methoxy groups -OCH3 is 1. The SMILES string of the molecule is COC(C)(C)CNc1ccc(C(=O)N(C)C)nn1. The van der Waals surface area contributed by atoms with Gasteiger partial charge in [0.2, 0.25) is 0 Å². The third-order valence-electron chi connectivity index (χ3n) is 2.54. The second-order valence-corrected chi connectivity index (χ2v) is 4.82. The largest absolute Gasteiger partial charge is 0.377 e. The van der Waals surface area contributed by atoms with E-state index in [1.807, 2.05) is 13.8 Å². The van der Waals surface area contributed by atoms with Crippen LogP contribution in [0.15, 0.2) is 12.1 Å². The average Bonchev–Trinajstić information content (AvgIpc) is 2.36. The van der Waals surface area contributed by atoms with Crippen LogP contribution in [0.4, 0.5) is 5.82 Å². The second kappa shape index (κ2) is 5.77. The van der Waals surface area contributed by atoms with Crippen molar-refractivity contribution < 1.29 is 9.53 Å². The van der Waals surface area contributed by atoms with Crippen molar-refractivity contribution in [2.24, 2.45) is 0 Å². The molecule has 0 unspecified atom stereocenters. The van der Waals surface area contributed by atoms with E-state index in [4.69, 9.17) is 4.74 Å². The molecule has 1 N–H and O–H groups in total. The highest BCUT2D eigenvalue weighted by molar-refractivity contribution is 5.91. The van der Waals surface area contributed by atoms with Crippen molar-refractivity contribution in [3.8, 4) is 0 Å². The van der Waals surface area contributed by atoms with Crippen molar-refractivity contribution >= 4 is 11.7 Å². The summed E-state index contributed by atoms with van der Waals surface area (Å²) in [5, 5.41) is 10.9. The van der Waals surface area contributed by atoms with E-state index in [9.17, 15) is 4.79 Å². The van der Waals surface area contributed by atoms with Crippen LogP contribution in [-0.4, -0.2) is 54.4 Å². The second-order valence-electron chi connectivity index (χ2n) is 4.82. The van der Waals surface area contributed by atoms with Crippen LogP contribution in [-0.2, 0) is 4.74 Å².